The minimum atomic E-state index is -0.296. The number of carbonyl (C=O) groups excluding carboxylic acids is 1. The molecule has 1 amide bonds. The molecular weight excluding hydrogens is 439 g/mol. The van der Waals surface area contributed by atoms with E-state index in [0.29, 0.717) is 24.8 Å². The topological polar surface area (TPSA) is 71.3 Å². The van der Waals surface area contributed by atoms with Gasteiger partial charge in [0.15, 0.2) is 0 Å². The highest BCUT2D eigenvalue weighted by Crippen LogP contribution is 2.21. The number of likely N-dealkylation sites (tertiary alicyclic amines) is 1. The summed E-state index contributed by atoms with van der Waals surface area (Å²) in [6, 6.07) is 14.6. The lowest BCUT2D eigenvalue weighted by molar-refractivity contribution is -0.126. The zero-order valence-electron chi connectivity index (χ0n) is 18.8. The zero-order chi connectivity index (χ0) is 23.0. The first-order valence-corrected chi connectivity index (χ1v) is 12.4. The molecule has 33 heavy (non-hydrogen) atoms. The summed E-state index contributed by atoms with van der Waals surface area (Å²) >= 11 is 1.84. The average molecular weight is 469 g/mol. The molecule has 0 saturated carbocycles. The van der Waals surface area contributed by atoms with Crippen molar-refractivity contribution < 1.29 is 13.7 Å². The SMILES string of the molecule is Cc1cccc(CSCCNC(=O)C2CCN(Cc3nc(-c4ccc(F)cc4)no3)CC2)c1. The number of carbonyl (C=O) groups is 1. The number of aryl methyl sites for hydroxylation is 1. The molecule has 0 atom stereocenters. The van der Waals surface area contributed by atoms with Gasteiger partial charge in [-0.05, 0) is 62.7 Å². The lowest BCUT2D eigenvalue weighted by Crippen LogP contribution is -2.40. The molecule has 1 N–H and O–H groups in total. The molecule has 2 aromatic carbocycles. The third kappa shape index (κ3) is 6.88. The predicted molar refractivity (Wildman–Crippen MR) is 128 cm³/mol. The first-order valence-electron chi connectivity index (χ1n) is 11.3. The standard InChI is InChI=1S/C25H29FN4O2S/c1-18-3-2-4-19(15-18)17-33-14-11-27-25(31)21-9-12-30(13-10-21)16-23-28-24(29-32-23)20-5-7-22(26)8-6-20/h2-8,15,21H,9-14,16-17H2,1H3,(H,27,31). The third-order valence-corrected chi connectivity index (χ3v) is 6.81. The van der Waals surface area contributed by atoms with E-state index in [1.165, 1.54) is 23.3 Å². The predicted octanol–water partition coefficient (Wildman–Crippen LogP) is 4.45. The van der Waals surface area contributed by atoms with Crippen molar-refractivity contribution in [1.29, 1.82) is 0 Å². The van der Waals surface area contributed by atoms with E-state index in [0.717, 1.165) is 43.0 Å². The minimum absolute atomic E-state index is 0.0560. The lowest BCUT2D eigenvalue weighted by Gasteiger charge is -2.30. The Hall–Kier alpha value is -2.71. The van der Waals surface area contributed by atoms with Crippen molar-refractivity contribution in [3.63, 3.8) is 0 Å². The number of hydrogen-bond donors (Lipinski definition) is 1. The van der Waals surface area contributed by atoms with Gasteiger partial charge in [-0.15, -0.1) is 0 Å². The van der Waals surface area contributed by atoms with Crippen molar-refractivity contribution in [2.45, 2.75) is 32.1 Å². The molecule has 1 aliphatic heterocycles. The minimum Gasteiger partial charge on any atom is -0.355 e. The van der Waals surface area contributed by atoms with Crippen LogP contribution in [0.5, 0.6) is 0 Å². The van der Waals surface area contributed by atoms with Crippen LogP contribution in [0.1, 0.15) is 29.9 Å². The van der Waals surface area contributed by atoms with E-state index in [1.54, 1.807) is 12.1 Å². The smallest absolute Gasteiger partial charge is 0.241 e. The fraction of sp³-hybridized carbons (Fsp3) is 0.400. The Bertz CT molecular complexity index is 1050. The third-order valence-electron chi connectivity index (χ3n) is 5.78. The Kier molecular flexibility index (Phi) is 8.12. The molecule has 8 heteroatoms. The molecule has 2 heterocycles. The highest BCUT2D eigenvalue weighted by atomic mass is 32.2. The number of benzene rings is 2. The van der Waals surface area contributed by atoms with Crippen LogP contribution in [-0.2, 0) is 17.1 Å². The summed E-state index contributed by atoms with van der Waals surface area (Å²) in [5.74, 6) is 2.78. The van der Waals surface area contributed by atoms with Gasteiger partial charge in [-0.25, -0.2) is 4.39 Å². The van der Waals surface area contributed by atoms with Gasteiger partial charge in [0.25, 0.3) is 0 Å². The first-order chi connectivity index (χ1) is 16.1. The monoisotopic (exact) mass is 468 g/mol. The van der Waals surface area contributed by atoms with Crippen molar-refractivity contribution in [3.05, 3.63) is 71.4 Å². The van der Waals surface area contributed by atoms with Gasteiger partial charge in [0.2, 0.25) is 17.6 Å². The molecule has 0 radical (unpaired) electrons. The van der Waals surface area contributed by atoms with Crippen LogP contribution >= 0.6 is 11.8 Å². The zero-order valence-corrected chi connectivity index (χ0v) is 19.6. The molecule has 0 aliphatic carbocycles. The molecule has 3 aromatic rings. The quantitative estimate of drug-likeness (QED) is 0.468. The normalized spacial score (nSPS) is 15.0. The molecule has 0 unspecified atom stereocenters. The van der Waals surface area contributed by atoms with Gasteiger partial charge in [-0.3, -0.25) is 9.69 Å². The van der Waals surface area contributed by atoms with Crippen molar-refractivity contribution in [1.82, 2.24) is 20.4 Å². The first kappa shape index (κ1) is 23.4. The van der Waals surface area contributed by atoms with Crippen LogP contribution in [0.2, 0.25) is 0 Å². The number of hydrogen-bond acceptors (Lipinski definition) is 6. The summed E-state index contributed by atoms with van der Waals surface area (Å²) < 4.78 is 18.4. The van der Waals surface area contributed by atoms with Crippen LogP contribution in [-0.4, -0.2) is 46.3 Å². The molecule has 1 aromatic heterocycles. The number of aromatic nitrogens is 2. The summed E-state index contributed by atoms with van der Waals surface area (Å²) in [6.07, 6.45) is 1.64. The number of thioether (sulfide) groups is 1. The highest BCUT2D eigenvalue weighted by Gasteiger charge is 2.25. The number of rotatable bonds is 9. The Morgan fingerprint density at radius 2 is 2.00 bits per heavy atom. The maximum absolute atomic E-state index is 13.1. The van der Waals surface area contributed by atoms with E-state index in [1.807, 2.05) is 11.8 Å². The van der Waals surface area contributed by atoms with Crippen molar-refractivity contribution in [2.24, 2.45) is 5.92 Å². The fourth-order valence-electron chi connectivity index (χ4n) is 3.96. The molecule has 1 saturated heterocycles. The van der Waals surface area contributed by atoms with Gasteiger partial charge in [-0.1, -0.05) is 35.0 Å². The van der Waals surface area contributed by atoms with E-state index in [2.05, 4.69) is 51.5 Å². The number of amides is 1. The molecular formula is C25H29FN4O2S. The molecule has 0 bridgehead atoms. The van der Waals surface area contributed by atoms with Gasteiger partial charge in [0.05, 0.1) is 6.54 Å². The molecule has 4 rings (SSSR count). The Morgan fingerprint density at radius 1 is 1.21 bits per heavy atom. The van der Waals surface area contributed by atoms with Crippen LogP contribution in [0.4, 0.5) is 4.39 Å². The lowest BCUT2D eigenvalue weighted by atomic mass is 9.96. The van der Waals surface area contributed by atoms with Crippen molar-refractivity contribution >= 4 is 17.7 Å². The Labute approximate surface area is 197 Å². The summed E-state index contributed by atoms with van der Waals surface area (Å²) in [5, 5.41) is 7.09. The van der Waals surface area contributed by atoms with Gasteiger partial charge < -0.3 is 9.84 Å². The van der Waals surface area contributed by atoms with Gasteiger partial charge in [0, 0.05) is 29.5 Å². The number of nitrogens with zero attached hydrogens (tertiary/aromatic N) is 3. The van der Waals surface area contributed by atoms with Crippen LogP contribution in [0.25, 0.3) is 11.4 Å². The van der Waals surface area contributed by atoms with Crippen LogP contribution in [0.15, 0.2) is 53.1 Å². The van der Waals surface area contributed by atoms with E-state index >= 15 is 0 Å². The second-order valence-electron chi connectivity index (χ2n) is 8.40. The Balaban J connectivity index is 1.14. The summed E-state index contributed by atoms with van der Waals surface area (Å²) in [6.45, 7) is 4.98. The number of nitrogens with one attached hydrogen (secondary N) is 1. The van der Waals surface area contributed by atoms with Crippen LogP contribution in [0, 0.1) is 18.7 Å². The van der Waals surface area contributed by atoms with Gasteiger partial charge in [-0.2, -0.15) is 16.7 Å². The molecule has 1 aliphatic rings. The van der Waals surface area contributed by atoms with E-state index < -0.39 is 0 Å². The number of halogens is 1. The Morgan fingerprint density at radius 3 is 2.76 bits per heavy atom. The van der Waals surface area contributed by atoms with Crippen LogP contribution in [0.3, 0.4) is 0 Å². The van der Waals surface area contributed by atoms with E-state index in [4.69, 9.17) is 4.52 Å². The maximum Gasteiger partial charge on any atom is 0.241 e. The summed E-state index contributed by atoms with van der Waals surface area (Å²) in [4.78, 5) is 19.2. The average Bonchev–Trinajstić information content (AvgIpc) is 3.28. The second kappa shape index (κ2) is 11.4. The molecule has 6 nitrogen and oxygen atoms in total. The largest absolute Gasteiger partial charge is 0.355 e. The van der Waals surface area contributed by atoms with Crippen molar-refractivity contribution in [2.75, 3.05) is 25.4 Å². The molecule has 174 valence electrons. The van der Waals surface area contributed by atoms with Crippen molar-refractivity contribution in [3.8, 4) is 11.4 Å². The van der Waals surface area contributed by atoms with E-state index in [9.17, 15) is 9.18 Å². The van der Waals surface area contributed by atoms with E-state index in [-0.39, 0.29) is 17.6 Å². The van der Waals surface area contributed by atoms with Gasteiger partial charge in [0.1, 0.15) is 5.82 Å². The summed E-state index contributed by atoms with van der Waals surface area (Å²) in [7, 11) is 0. The summed E-state index contributed by atoms with van der Waals surface area (Å²) in [5.41, 5.74) is 3.32. The second-order valence-corrected chi connectivity index (χ2v) is 9.51. The van der Waals surface area contributed by atoms with Crippen LogP contribution < -0.4 is 5.32 Å². The fourth-order valence-corrected chi connectivity index (χ4v) is 4.77. The maximum atomic E-state index is 13.1. The highest BCUT2D eigenvalue weighted by molar-refractivity contribution is 7.98. The molecule has 1 fully saturated rings. The number of piperidine rings is 1. The van der Waals surface area contributed by atoms with Gasteiger partial charge >= 0.3 is 0 Å². The molecule has 0 spiro atoms.